The molecule has 0 saturated carbocycles. The fraction of sp³-hybridized carbons (Fsp3) is 0.583. The van der Waals surface area contributed by atoms with Gasteiger partial charge < -0.3 is 10.1 Å². The van der Waals surface area contributed by atoms with Gasteiger partial charge in [0, 0.05) is 18.5 Å². The fourth-order valence-electron chi connectivity index (χ4n) is 2.29. The normalized spacial score (nSPS) is 20.1. The Labute approximate surface area is 119 Å². The fourth-order valence-corrected chi connectivity index (χ4v) is 4.01. The molecule has 1 aliphatic rings. The number of rotatable bonds is 4. The Balaban J connectivity index is 2.05. The van der Waals surface area contributed by atoms with Crippen LogP contribution in [0.5, 0.6) is 5.06 Å². The number of nitrogens with zero attached hydrogens (tertiary/aromatic N) is 1. The average molecular weight is 333 g/mol. The summed E-state index contributed by atoms with van der Waals surface area (Å²) < 4.78 is 6.25. The van der Waals surface area contributed by atoms with Crippen molar-refractivity contribution >= 4 is 33.2 Å². The standard InChI is InChI=1S/C12H17BrN2O2S/c1-14-11(16)10-4-3-5-15(10)7-8-6-9(13)12(17-2)18-8/h6,10H,3-5,7H2,1-2H3,(H,14,16). The molecule has 1 N–H and O–H groups in total. The Morgan fingerprint density at radius 3 is 3.11 bits per heavy atom. The van der Waals surface area contributed by atoms with Gasteiger partial charge in [0.1, 0.15) is 0 Å². The third-order valence-corrected chi connectivity index (χ3v) is 5.10. The molecule has 6 heteroatoms. The molecule has 0 spiro atoms. The largest absolute Gasteiger partial charge is 0.486 e. The first-order valence-corrected chi connectivity index (χ1v) is 7.54. The molecular weight excluding hydrogens is 316 g/mol. The van der Waals surface area contributed by atoms with Crippen molar-refractivity contribution in [1.82, 2.24) is 10.2 Å². The van der Waals surface area contributed by atoms with E-state index >= 15 is 0 Å². The van der Waals surface area contributed by atoms with Crippen LogP contribution in [0.3, 0.4) is 0 Å². The minimum Gasteiger partial charge on any atom is -0.486 e. The predicted molar refractivity (Wildman–Crippen MR) is 76.1 cm³/mol. The summed E-state index contributed by atoms with van der Waals surface area (Å²) in [6, 6.07) is 2.09. The molecule has 1 unspecified atom stereocenters. The molecule has 1 aromatic rings. The Kier molecular flexibility index (Phi) is 4.64. The van der Waals surface area contributed by atoms with E-state index in [-0.39, 0.29) is 11.9 Å². The van der Waals surface area contributed by atoms with Crippen LogP contribution in [0.4, 0.5) is 0 Å². The van der Waals surface area contributed by atoms with Gasteiger partial charge in [-0.05, 0) is 41.4 Å². The minimum atomic E-state index is 0.0156. The Hall–Kier alpha value is -0.590. The number of methoxy groups -OCH3 is 1. The first kappa shape index (κ1) is 13.8. The van der Waals surface area contributed by atoms with Gasteiger partial charge in [-0.3, -0.25) is 9.69 Å². The van der Waals surface area contributed by atoms with Crippen molar-refractivity contribution in [3.05, 3.63) is 15.4 Å². The number of carbonyl (C=O) groups is 1. The number of hydrogen-bond acceptors (Lipinski definition) is 4. The van der Waals surface area contributed by atoms with Crippen molar-refractivity contribution in [3.63, 3.8) is 0 Å². The zero-order valence-corrected chi connectivity index (χ0v) is 12.9. The van der Waals surface area contributed by atoms with Crippen LogP contribution in [0.2, 0.25) is 0 Å². The monoisotopic (exact) mass is 332 g/mol. The van der Waals surface area contributed by atoms with Gasteiger partial charge in [0.15, 0.2) is 5.06 Å². The van der Waals surface area contributed by atoms with Crippen LogP contribution in [-0.4, -0.2) is 37.6 Å². The van der Waals surface area contributed by atoms with Crippen molar-refractivity contribution in [2.45, 2.75) is 25.4 Å². The van der Waals surface area contributed by atoms with Crippen molar-refractivity contribution in [2.75, 3.05) is 20.7 Å². The van der Waals surface area contributed by atoms with Crippen LogP contribution in [0, 0.1) is 0 Å². The van der Waals surface area contributed by atoms with E-state index in [1.54, 1.807) is 25.5 Å². The molecule has 4 nitrogen and oxygen atoms in total. The predicted octanol–water partition coefficient (Wildman–Crippen LogP) is 2.23. The lowest BCUT2D eigenvalue weighted by molar-refractivity contribution is -0.125. The van der Waals surface area contributed by atoms with E-state index < -0.39 is 0 Å². The molecule has 1 aromatic heterocycles. The van der Waals surface area contributed by atoms with E-state index in [0.717, 1.165) is 35.5 Å². The molecule has 1 aliphatic heterocycles. The van der Waals surface area contributed by atoms with Crippen molar-refractivity contribution in [3.8, 4) is 5.06 Å². The van der Waals surface area contributed by atoms with Crippen molar-refractivity contribution in [1.29, 1.82) is 0 Å². The maximum Gasteiger partial charge on any atom is 0.237 e. The van der Waals surface area contributed by atoms with Crippen LogP contribution in [-0.2, 0) is 11.3 Å². The zero-order chi connectivity index (χ0) is 13.1. The molecule has 2 rings (SSSR count). The molecule has 0 radical (unpaired) electrons. The number of likely N-dealkylation sites (N-methyl/N-ethyl adjacent to an activating group) is 1. The van der Waals surface area contributed by atoms with Gasteiger partial charge in [0.25, 0.3) is 0 Å². The summed E-state index contributed by atoms with van der Waals surface area (Å²) in [6.45, 7) is 1.79. The van der Waals surface area contributed by atoms with Crippen LogP contribution >= 0.6 is 27.3 Å². The summed E-state index contributed by atoms with van der Waals surface area (Å²) in [7, 11) is 3.37. The lowest BCUT2D eigenvalue weighted by Crippen LogP contribution is -2.41. The maximum absolute atomic E-state index is 11.8. The van der Waals surface area contributed by atoms with Crippen LogP contribution in [0.1, 0.15) is 17.7 Å². The molecule has 2 heterocycles. The summed E-state index contributed by atoms with van der Waals surface area (Å²) in [4.78, 5) is 15.2. The van der Waals surface area contributed by atoms with E-state index in [1.807, 2.05) is 0 Å². The zero-order valence-electron chi connectivity index (χ0n) is 10.5. The Bertz CT molecular complexity index is 436. The molecule has 0 aliphatic carbocycles. The second-order valence-electron chi connectivity index (χ2n) is 4.29. The van der Waals surface area contributed by atoms with Gasteiger partial charge in [-0.1, -0.05) is 0 Å². The van der Waals surface area contributed by atoms with Gasteiger partial charge in [-0.2, -0.15) is 0 Å². The first-order valence-electron chi connectivity index (χ1n) is 5.93. The van der Waals surface area contributed by atoms with E-state index in [0.29, 0.717) is 0 Å². The SMILES string of the molecule is CNC(=O)C1CCCN1Cc1cc(Br)c(OC)s1. The highest BCUT2D eigenvalue weighted by atomic mass is 79.9. The number of nitrogens with one attached hydrogen (secondary N) is 1. The van der Waals surface area contributed by atoms with E-state index in [4.69, 9.17) is 4.74 Å². The van der Waals surface area contributed by atoms with Crippen molar-refractivity contribution in [2.24, 2.45) is 0 Å². The van der Waals surface area contributed by atoms with Gasteiger partial charge in [0.2, 0.25) is 5.91 Å². The van der Waals surface area contributed by atoms with Crippen LogP contribution < -0.4 is 10.1 Å². The number of carbonyl (C=O) groups excluding carboxylic acids is 1. The number of thiophene rings is 1. The molecule has 1 amide bonds. The third-order valence-electron chi connectivity index (χ3n) is 3.16. The van der Waals surface area contributed by atoms with Crippen LogP contribution in [0.15, 0.2) is 10.5 Å². The third kappa shape index (κ3) is 2.87. The Morgan fingerprint density at radius 2 is 2.50 bits per heavy atom. The van der Waals surface area contributed by atoms with Gasteiger partial charge >= 0.3 is 0 Å². The highest BCUT2D eigenvalue weighted by molar-refractivity contribution is 9.10. The molecule has 0 aromatic carbocycles. The van der Waals surface area contributed by atoms with Gasteiger partial charge in [0.05, 0.1) is 17.6 Å². The van der Waals surface area contributed by atoms with Crippen molar-refractivity contribution < 1.29 is 9.53 Å². The average Bonchev–Trinajstić information content (AvgIpc) is 2.95. The van der Waals surface area contributed by atoms with Gasteiger partial charge in [-0.25, -0.2) is 0 Å². The molecular formula is C12H17BrN2O2S. The lowest BCUT2D eigenvalue weighted by Gasteiger charge is -2.22. The lowest BCUT2D eigenvalue weighted by atomic mass is 10.2. The number of amides is 1. The summed E-state index contributed by atoms with van der Waals surface area (Å²) in [6.07, 6.45) is 2.03. The van der Waals surface area contributed by atoms with Crippen LogP contribution in [0.25, 0.3) is 0 Å². The number of halogens is 1. The topological polar surface area (TPSA) is 41.6 Å². The first-order chi connectivity index (χ1) is 8.65. The van der Waals surface area contributed by atoms with E-state index in [9.17, 15) is 4.79 Å². The summed E-state index contributed by atoms with van der Waals surface area (Å²) in [5.74, 6) is 0.120. The molecule has 1 saturated heterocycles. The van der Waals surface area contributed by atoms with E-state index in [2.05, 4.69) is 32.2 Å². The summed E-state index contributed by atoms with van der Waals surface area (Å²) >= 11 is 5.10. The second-order valence-corrected chi connectivity index (χ2v) is 6.25. The number of hydrogen-bond donors (Lipinski definition) is 1. The second kappa shape index (κ2) is 6.04. The smallest absolute Gasteiger partial charge is 0.237 e. The highest BCUT2D eigenvalue weighted by Crippen LogP contribution is 2.36. The molecule has 1 atom stereocenters. The van der Waals surface area contributed by atoms with Gasteiger partial charge in [-0.15, -0.1) is 11.3 Å². The minimum absolute atomic E-state index is 0.0156. The maximum atomic E-state index is 11.8. The number of likely N-dealkylation sites (tertiary alicyclic amines) is 1. The molecule has 1 fully saturated rings. The summed E-state index contributed by atoms with van der Waals surface area (Å²) in [5, 5.41) is 3.63. The quantitative estimate of drug-likeness (QED) is 0.919. The molecule has 100 valence electrons. The molecule has 18 heavy (non-hydrogen) atoms. The summed E-state index contributed by atoms with van der Waals surface area (Å²) in [5.41, 5.74) is 0. The number of ether oxygens (including phenoxy) is 1. The molecule has 0 bridgehead atoms. The Morgan fingerprint density at radius 1 is 1.72 bits per heavy atom. The highest BCUT2D eigenvalue weighted by Gasteiger charge is 2.30. The van der Waals surface area contributed by atoms with E-state index in [1.165, 1.54) is 4.88 Å².